The van der Waals surface area contributed by atoms with Crippen LogP contribution in [-0.4, -0.2) is 24.4 Å². The first-order valence-electron chi connectivity index (χ1n) is 7.73. The van der Waals surface area contributed by atoms with Crippen molar-refractivity contribution in [3.05, 3.63) is 64.7 Å². The standard InChI is InChI=1S/C19H17NO3/c21-12-5-1-4-11-20-16-10-6-9-15-17(16)19(23)14-8-3-2-7-13(14)18(15)22/h2-3,6-10,12,20H,1,4-5,11H2. The molecule has 4 heteroatoms. The molecule has 0 aliphatic heterocycles. The third kappa shape index (κ3) is 2.80. The zero-order valence-corrected chi connectivity index (χ0v) is 12.7. The quantitative estimate of drug-likeness (QED) is 0.561. The van der Waals surface area contributed by atoms with E-state index in [0.717, 1.165) is 19.1 Å². The highest BCUT2D eigenvalue weighted by Gasteiger charge is 2.31. The van der Waals surface area contributed by atoms with Gasteiger partial charge in [0.25, 0.3) is 0 Å². The fourth-order valence-electron chi connectivity index (χ4n) is 2.87. The summed E-state index contributed by atoms with van der Waals surface area (Å²) in [6, 6.07) is 12.2. The van der Waals surface area contributed by atoms with E-state index < -0.39 is 0 Å². The van der Waals surface area contributed by atoms with Crippen molar-refractivity contribution in [3.8, 4) is 0 Å². The summed E-state index contributed by atoms with van der Waals surface area (Å²) in [4.78, 5) is 35.7. The molecule has 0 bridgehead atoms. The summed E-state index contributed by atoms with van der Waals surface area (Å²) in [7, 11) is 0. The van der Waals surface area contributed by atoms with E-state index in [4.69, 9.17) is 0 Å². The molecule has 0 radical (unpaired) electrons. The minimum Gasteiger partial charge on any atom is -0.384 e. The van der Waals surface area contributed by atoms with Crippen molar-refractivity contribution in [2.75, 3.05) is 11.9 Å². The normalized spacial score (nSPS) is 12.5. The van der Waals surface area contributed by atoms with Crippen molar-refractivity contribution in [1.82, 2.24) is 0 Å². The van der Waals surface area contributed by atoms with Crippen LogP contribution in [0.15, 0.2) is 42.5 Å². The molecule has 116 valence electrons. The lowest BCUT2D eigenvalue weighted by atomic mass is 9.83. The van der Waals surface area contributed by atoms with Gasteiger partial charge in [-0.3, -0.25) is 9.59 Å². The van der Waals surface area contributed by atoms with Gasteiger partial charge in [0.15, 0.2) is 11.6 Å². The average molecular weight is 307 g/mol. The molecular formula is C19H17NO3. The third-order valence-corrected chi connectivity index (χ3v) is 4.02. The lowest BCUT2D eigenvalue weighted by Crippen LogP contribution is -2.22. The number of hydrogen-bond donors (Lipinski definition) is 1. The van der Waals surface area contributed by atoms with Gasteiger partial charge in [0.05, 0.1) is 5.56 Å². The molecule has 0 unspecified atom stereocenters. The molecule has 3 rings (SSSR count). The molecule has 0 aromatic heterocycles. The first-order valence-corrected chi connectivity index (χ1v) is 7.73. The highest BCUT2D eigenvalue weighted by Crippen LogP contribution is 2.31. The van der Waals surface area contributed by atoms with Crippen molar-refractivity contribution in [2.45, 2.75) is 19.3 Å². The van der Waals surface area contributed by atoms with Crippen molar-refractivity contribution in [3.63, 3.8) is 0 Å². The van der Waals surface area contributed by atoms with E-state index in [1.54, 1.807) is 36.4 Å². The van der Waals surface area contributed by atoms with Crippen LogP contribution in [0.3, 0.4) is 0 Å². The van der Waals surface area contributed by atoms with E-state index in [2.05, 4.69) is 5.32 Å². The van der Waals surface area contributed by atoms with Crippen LogP contribution in [0.4, 0.5) is 5.69 Å². The van der Waals surface area contributed by atoms with Crippen LogP contribution < -0.4 is 5.32 Å². The Labute approximate surface area is 134 Å². The smallest absolute Gasteiger partial charge is 0.196 e. The minimum atomic E-state index is -0.119. The van der Waals surface area contributed by atoms with Crippen molar-refractivity contribution < 1.29 is 14.4 Å². The van der Waals surface area contributed by atoms with Crippen LogP contribution in [0.25, 0.3) is 0 Å². The topological polar surface area (TPSA) is 63.2 Å². The SMILES string of the molecule is O=CCCCCNc1cccc2c1C(=O)c1ccccc1C2=O. The number of carbonyl (C=O) groups excluding carboxylic acids is 3. The summed E-state index contributed by atoms with van der Waals surface area (Å²) in [5.41, 5.74) is 2.51. The van der Waals surface area contributed by atoms with Gasteiger partial charge in [0.2, 0.25) is 0 Å². The van der Waals surface area contributed by atoms with Crippen molar-refractivity contribution in [1.29, 1.82) is 0 Å². The van der Waals surface area contributed by atoms with E-state index in [0.29, 0.717) is 40.9 Å². The number of ketones is 2. The van der Waals surface area contributed by atoms with Gasteiger partial charge >= 0.3 is 0 Å². The monoisotopic (exact) mass is 307 g/mol. The number of carbonyl (C=O) groups is 3. The maximum atomic E-state index is 12.8. The minimum absolute atomic E-state index is 0.111. The Kier molecular flexibility index (Phi) is 4.33. The van der Waals surface area contributed by atoms with Crippen molar-refractivity contribution in [2.24, 2.45) is 0 Å². The Morgan fingerprint density at radius 2 is 1.52 bits per heavy atom. The second kappa shape index (κ2) is 6.57. The second-order valence-electron chi connectivity index (χ2n) is 5.52. The van der Waals surface area contributed by atoms with Gasteiger partial charge in [0.1, 0.15) is 6.29 Å². The zero-order valence-electron chi connectivity index (χ0n) is 12.7. The average Bonchev–Trinajstić information content (AvgIpc) is 2.59. The summed E-state index contributed by atoms with van der Waals surface area (Å²) >= 11 is 0. The van der Waals surface area contributed by atoms with E-state index in [1.807, 2.05) is 6.07 Å². The van der Waals surface area contributed by atoms with Crippen LogP contribution in [0.2, 0.25) is 0 Å². The van der Waals surface area contributed by atoms with Gasteiger partial charge in [-0.1, -0.05) is 36.4 Å². The molecule has 1 aliphatic rings. The highest BCUT2D eigenvalue weighted by molar-refractivity contribution is 6.30. The summed E-state index contributed by atoms with van der Waals surface area (Å²) in [5.74, 6) is -0.231. The Hall–Kier alpha value is -2.75. The first kappa shape index (κ1) is 15.2. The Balaban J connectivity index is 1.90. The molecule has 0 saturated carbocycles. The zero-order chi connectivity index (χ0) is 16.2. The summed E-state index contributed by atoms with van der Waals surface area (Å²) in [6.07, 6.45) is 3.09. The van der Waals surface area contributed by atoms with Gasteiger partial charge in [-0.15, -0.1) is 0 Å². The number of rotatable bonds is 6. The summed E-state index contributed by atoms with van der Waals surface area (Å²) in [6.45, 7) is 0.660. The number of hydrogen-bond acceptors (Lipinski definition) is 4. The van der Waals surface area contributed by atoms with Crippen LogP contribution in [0.5, 0.6) is 0 Å². The molecule has 2 aromatic rings. The third-order valence-electron chi connectivity index (χ3n) is 4.02. The Morgan fingerprint density at radius 3 is 2.26 bits per heavy atom. The number of aldehydes is 1. The maximum Gasteiger partial charge on any atom is 0.196 e. The van der Waals surface area contributed by atoms with Gasteiger partial charge in [-0.05, 0) is 18.9 Å². The Morgan fingerprint density at radius 1 is 0.826 bits per heavy atom. The number of anilines is 1. The van der Waals surface area contributed by atoms with E-state index in [9.17, 15) is 14.4 Å². The fourth-order valence-corrected chi connectivity index (χ4v) is 2.87. The number of fused-ring (bicyclic) bond motifs is 2. The molecule has 23 heavy (non-hydrogen) atoms. The van der Waals surface area contributed by atoms with Crippen LogP contribution in [0.1, 0.15) is 51.1 Å². The summed E-state index contributed by atoms with van der Waals surface area (Å²) in [5, 5.41) is 3.22. The molecule has 0 saturated heterocycles. The molecule has 2 aromatic carbocycles. The van der Waals surface area contributed by atoms with Crippen LogP contribution in [0, 0.1) is 0 Å². The molecule has 1 aliphatic carbocycles. The molecule has 0 fully saturated rings. The maximum absolute atomic E-state index is 12.8. The molecule has 0 heterocycles. The van der Waals surface area contributed by atoms with Crippen LogP contribution in [-0.2, 0) is 4.79 Å². The fraction of sp³-hybridized carbons (Fsp3) is 0.211. The lowest BCUT2D eigenvalue weighted by molar-refractivity contribution is -0.107. The predicted molar refractivity (Wildman–Crippen MR) is 88.2 cm³/mol. The molecule has 0 atom stereocenters. The van der Waals surface area contributed by atoms with Gasteiger partial charge in [0, 0.05) is 35.3 Å². The predicted octanol–water partition coefficient (Wildman–Crippen LogP) is 3.24. The Bertz CT molecular complexity index is 780. The second-order valence-corrected chi connectivity index (χ2v) is 5.52. The number of nitrogens with one attached hydrogen (secondary N) is 1. The largest absolute Gasteiger partial charge is 0.384 e. The van der Waals surface area contributed by atoms with Crippen LogP contribution >= 0.6 is 0 Å². The summed E-state index contributed by atoms with van der Waals surface area (Å²) < 4.78 is 0. The van der Waals surface area contributed by atoms with Gasteiger partial charge in [-0.25, -0.2) is 0 Å². The number of benzene rings is 2. The van der Waals surface area contributed by atoms with Gasteiger partial charge in [-0.2, -0.15) is 0 Å². The molecule has 0 amide bonds. The number of unbranched alkanes of at least 4 members (excludes halogenated alkanes) is 2. The van der Waals surface area contributed by atoms with Crippen molar-refractivity contribution >= 4 is 23.5 Å². The highest BCUT2D eigenvalue weighted by atomic mass is 16.1. The van der Waals surface area contributed by atoms with E-state index in [1.165, 1.54) is 0 Å². The van der Waals surface area contributed by atoms with E-state index in [-0.39, 0.29) is 11.6 Å². The molecule has 1 N–H and O–H groups in total. The lowest BCUT2D eigenvalue weighted by Gasteiger charge is -2.20. The molecular weight excluding hydrogens is 290 g/mol. The molecule has 0 spiro atoms. The molecule has 4 nitrogen and oxygen atoms in total. The van der Waals surface area contributed by atoms with E-state index >= 15 is 0 Å². The first-order chi connectivity index (χ1) is 11.2. The van der Waals surface area contributed by atoms with Gasteiger partial charge < -0.3 is 10.1 Å².